The van der Waals surface area contributed by atoms with Gasteiger partial charge in [-0.15, -0.1) is 0 Å². The van der Waals surface area contributed by atoms with Crippen LogP contribution in [-0.2, 0) is 35.5 Å². The fourth-order valence-electron chi connectivity index (χ4n) is 5.29. The zero-order valence-electron chi connectivity index (χ0n) is 22.5. The minimum Gasteiger partial charge on any atom is -0.389 e. The van der Waals surface area contributed by atoms with Gasteiger partial charge in [-0.1, -0.05) is 23.7 Å². The van der Waals surface area contributed by atoms with Gasteiger partial charge < -0.3 is 5.11 Å². The fourth-order valence-corrected chi connectivity index (χ4v) is 5.53. The van der Waals surface area contributed by atoms with Crippen molar-refractivity contribution in [1.29, 1.82) is 5.26 Å². The fraction of sp³-hybridized carbons (Fsp3) is 0.452. The number of nitrogens with zero attached hydrogens (tertiary/aromatic N) is 3. The van der Waals surface area contributed by atoms with Gasteiger partial charge in [-0.25, -0.2) is 4.79 Å². The summed E-state index contributed by atoms with van der Waals surface area (Å²) in [7, 11) is 0. The number of rotatable bonds is 12. The molecule has 9 heteroatoms. The molecule has 1 unspecified atom stereocenters. The van der Waals surface area contributed by atoms with Gasteiger partial charge in [0.15, 0.2) is 0 Å². The van der Waals surface area contributed by atoms with Crippen molar-refractivity contribution in [2.45, 2.75) is 77.0 Å². The minimum absolute atomic E-state index is 0.00464. The summed E-state index contributed by atoms with van der Waals surface area (Å²) in [5.41, 5.74) is 0.0300. The Balaban J connectivity index is 1.29. The molecule has 0 saturated heterocycles. The van der Waals surface area contributed by atoms with E-state index in [9.17, 15) is 24.3 Å². The molecular weight excluding hydrogens is 530 g/mol. The number of hydrogen-bond donors (Lipinski definition) is 1. The molecule has 2 aromatic carbocycles. The summed E-state index contributed by atoms with van der Waals surface area (Å²) < 4.78 is 3.06. The summed E-state index contributed by atoms with van der Waals surface area (Å²) in [6.07, 6.45) is 3.77. The molecule has 40 heavy (non-hydrogen) atoms. The maximum atomic E-state index is 13.3. The van der Waals surface area contributed by atoms with E-state index < -0.39 is 5.60 Å². The van der Waals surface area contributed by atoms with Gasteiger partial charge in [0.25, 0.3) is 5.56 Å². The van der Waals surface area contributed by atoms with Crippen LogP contribution in [-0.4, -0.2) is 31.4 Å². The molecule has 0 bridgehead atoms. The normalized spacial score (nSPS) is 16.4. The molecule has 2 saturated carbocycles. The summed E-state index contributed by atoms with van der Waals surface area (Å²) in [4.78, 5) is 52.1. The van der Waals surface area contributed by atoms with Gasteiger partial charge in [0.05, 0.1) is 27.1 Å². The highest BCUT2D eigenvalue weighted by Crippen LogP contribution is 2.32. The molecule has 8 nitrogen and oxygen atoms in total. The van der Waals surface area contributed by atoms with Crippen LogP contribution in [0.2, 0.25) is 5.02 Å². The Morgan fingerprint density at radius 1 is 0.950 bits per heavy atom. The second kappa shape index (κ2) is 11.1. The molecule has 1 atom stereocenters. The summed E-state index contributed by atoms with van der Waals surface area (Å²) >= 11 is 6.05. The minimum atomic E-state index is -1.54. The Morgan fingerprint density at radius 2 is 1.50 bits per heavy atom. The van der Waals surface area contributed by atoms with Gasteiger partial charge in [-0.2, -0.15) is 5.26 Å². The number of nitriles is 1. The van der Waals surface area contributed by atoms with Crippen LogP contribution in [0.15, 0.2) is 46.0 Å². The number of aromatic nitrogens is 2. The van der Waals surface area contributed by atoms with Crippen LogP contribution in [0, 0.1) is 23.2 Å². The van der Waals surface area contributed by atoms with Gasteiger partial charge in [-0.3, -0.25) is 23.5 Å². The molecule has 0 spiro atoms. The van der Waals surface area contributed by atoms with Crippen molar-refractivity contribution in [2.24, 2.45) is 11.8 Å². The van der Waals surface area contributed by atoms with Crippen LogP contribution < -0.4 is 11.2 Å². The lowest BCUT2D eigenvalue weighted by atomic mass is 9.89. The van der Waals surface area contributed by atoms with E-state index in [1.807, 2.05) is 6.07 Å². The van der Waals surface area contributed by atoms with Crippen molar-refractivity contribution < 1.29 is 14.7 Å². The van der Waals surface area contributed by atoms with E-state index in [4.69, 9.17) is 16.9 Å². The summed E-state index contributed by atoms with van der Waals surface area (Å²) in [6.45, 7) is 2.47. The third kappa shape index (κ3) is 6.60. The standard InChI is InChI=1S/C31H32ClN3O5/c1-31(40,15-25(37)11-22-6-8-23(16-33)27(32)13-22)14-24(36)10-21-7-9-28-26(12-21)29(38)35(18-20-4-5-20)30(39)34(28)17-19-2-3-19/h6-9,12-13,19-20,40H,2-5,10-11,14-15,17-18H2,1H3. The lowest BCUT2D eigenvalue weighted by Gasteiger charge is -2.22. The topological polar surface area (TPSA) is 122 Å². The average Bonchev–Trinajstić information content (AvgIpc) is 3.80. The molecule has 2 aliphatic carbocycles. The van der Waals surface area contributed by atoms with E-state index in [2.05, 4.69) is 0 Å². The van der Waals surface area contributed by atoms with E-state index in [-0.39, 0.29) is 53.5 Å². The van der Waals surface area contributed by atoms with Crippen LogP contribution in [0.25, 0.3) is 10.9 Å². The SMILES string of the molecule is CC(O)(CC(=O)Cc1ccc(C#N)c(Cl)c1)CC(=O)Cc1ccc2c(c1)c(=O)n(CC1CC1)c(=O)n2CC1CC1. The van der Waals surface area contributed by atoms with Crippen LogP contribution >= 0.6 is 11.6 Å². The molecular formula is C31H32ClN3O5. The third-order valence-corrected chi connectivity index (χ3v) is 7.99. The van der Waals surface area contributed by atoms with E-state index in [1.165, 1.54) is 11.5 Å². The lowest BCUT2D eigenvalue weighted by Crippen LogP contribution is -2.41. The highest BCUT2D eigenvalue weighted by Gasteiger charge is 2.29. The zero-order chi connectivity index (χ0) is 28.6. The maximum absolute atomic E-state index is 13.3. The van der Waals surface area contributed by atoms with Crippen molar-refractivity contribution in [3.8, 4) is 6.07 Å². The average molecular weight is 562 g/mol. The number of aliphatic hydroxyl groups is 1. The van der Waals surface area contributed by atoms with Crippen molar-refractivity contribution in [1.82, 2.24) is 9.13 Å². The predicted octanol–water partition coefficient (Wildman–Crippen LogP) is 3.96. The summed E-state index contributed by atoms with van der Waals surface area (Å²) in [5, 5.41) is 20.5. The van der Waals surface area contributed by atoms with Crippen LogP contribution in [0.4, 0.5) is 0 Å². The smallest absolute Gasteiger partial charge is 0.331 e. The number of carbonyl (C=O) groups excluding carboxylic acids is 2. The molecule has 0 radical (unpaired) electrons. The number of benzene rings is 2. The Kier molecular flexibility index (Phi) is 7.80. The second-order valence-corrected chi connectivity index (χ2v) is 12.2. The number of hydrogen-bond acceptors (Lipinski definition) is 6. The van der Waals surface area contributed by atoms with Gasteiger partial charge in [0.1, 0.15) is 17.6 Å². The molecule has 3 aromatic rings. The summed E-state index contributed by atoms with van der Waals surface area (Å²) in [6, 6.07) is 11.9. The largest absolute Gasteiger partial charge is 0.389 e. The highest BCUT2D eigenvalue weighted by molar-refractivity contribution is 6.31. The van der Waals surface area contributed by atoms with Crippen molar-refractivity contribution >= 4 is 34.1 Å². The first-order valence-electron chi connectivity index (χ1n) is 13.7. The first kappa shape index (κ1) is 28.0. The maximum Gasteiger partial charge on any atom is 0.331 e. The van der Waals surface area contributed by atoms with Gasteiger partial charge in [-0.05, 0) is 79.8 Å². The third-order valence-electron chi connectivity index (χ3n) is 7.68. The van der Waals surface area contributed by atoms with Crippen LogP contribution in [0.5, 0.6) is 0 Å². The quantitative estimate of drug-likeness (QED) is 0.357. The van der Waals surface area contributed by atoms with E-state index in [1.54, 1.807) is 41.0 Å². The highest BCUT2D eigenvalue weighted by atomic mass is 35.5. The molecule has 1 heterocycles. The molecule has 0 amide bonds. The molecule has 1 aromatic heterocycles. The van der Waals surface area contributed by atoms with Crippen molar-refractivity contribution in [2.75, 3.05) is 0 Å². The number of fused-ring (bicyclic) bond motifs is 1. The summed E-state index contributed by atoms with van der Waals surface area (Å²) in [5.74, 6) is 0.297. The van der Waals surface area contributed by atoms with Crippen LogP contribution in [0.1, 0.15) is 62.1 Å². The lowest BCUT2D eigenvalue weighted by molar-refractivity contribution is -0.127. The van der Waals surface area contributed by atoms with Crippen molar-refractivity contribution in [3.63, 3.8) is 0 Å². The number of Topliss-reactive ketones (excluding diaryl/α,β-unsaturated/α-hetero) is 2. The number of carbonyl (C=O) groups is 2. The van der Waals surface area contributed by atoms with E-state index >= 15 is 0 Å². The zero-order valence-corrected chi connectivity index (χ0v) is 23.2. The first-order valence-corrected chi connectivity index (χ1v) is 14.1. The predicted molar refractivity (Wildman–Crippen MR) is 151 cm³/mol. The molecule has 2 fully saturated rings. The van der Waals surface area contributed by atoms with Gasteiger partial charge in [0, 0.05) is 38.8 Å². The Morgan fingerprint density at radius 3 is 2.05 bits per heavy atom. The molecule has 2 aliphatic rings. The van der Waals surface area contributed by atoms with Gasteiger partial charge in [0.2, 0.25) is 0 Å². The van der Waals surface area contributed by atoms with E-state index in [0.29, 0.717) is 52.5 Å². The number of ketones is 2. The van der Waals surface area contributed by atoms with E-state index in [0.717, 1.165) is 25.7 Å². The Bertz CT molecular complexity index is 1650. The number of halogens is 1. The molecule has 0 aliphatic heterocycles. The monoisotopic (exact) mass is 561 g/mol. The second-order valence-electron chi connectivity index (χ2n) is 11.8. The van der Waals surface area contributed by atoms with Crippen molar-refractivity contribution in [3.05, 3.63) is 78.9 Å². The molecule has 208 valence electrons. The molecule has 1 N–H and O–H groups in total. The first-order chi connectivity index (χ1) is 19.0. The Hall–Kier alpha value is -3.54. The van der Waals surface area contributed by atoms with Crippen LogP contribution in [0.3, 0.4) is 0 Å². The van der Waals surface area contributed by atoms with Gasteiger partial charge >= 0.3 is 5.69 Å². The molecule has 5 rings (SSSR count). The Labute approximate surface area is 236 Å².